The lowest BCUT2D eigenvalue weighted by atomic mass is 9.96. The maximum absolute atomic E-state index is 12.6. The molecule has 1 amide bonds. The van der Waals surface area contributed by atoms with Crippen LogP contribution in [0, 0.1) is 0 Å². The van der Waals surface area contributed by atoms with Crippen molar-refractivity contribution in [3.8, 4) is 0 Å². The molecule has 27 heavy (non-hydrogen) atoms. The molecule has 144 valence electrons. The van der Waals surface area contributed by atoms with Gasteiger partial charge in [0.25, 0.3) is 5.91 Å². The van der Waals surface area contributed by atoms with Gasteiger partial charge < -0.3 is 10.4 Å². The monoisotopic (exact) mass is 389 g/mol. The third-order valence-corrected chi connectivity index (χ3v) is 5.95. The third kappa shape index (κ3) is 5.17. The van der Waals surface area contributed by atoms with Gasteiger partial charge in [-0.3, -0.25) is 4.79 Å². The Balaban J connectivity index is 2.26. The molecule has 0 aromatic heterocycles. The van der Waals surface area contributed by atoms with E-state index in [0.717, 1.165) is 0 Å². The summed E-state index contributed by atoms with van der Waals surface area (Å²) in [6.07, 6.45) is 0.842. The number of hydrogen-bond acceptors (Lipinski definition) is 4. The summed E-state index contributed by atoms with van der Waals surface area (Å²) in [6.45, 7) is 3.26. The zero-order chi connectivity index (χ0) is 20.1. The van der Waals surface area contributed by atoms with Gasteiger partial charge in [-0.25, -0.2) is 13.2 Å². The van der Waals surface area contributed by atoms with Gasteiger partial charge in [-0.15, -0.1) is 0 Å². The van der Waals surface area contributed by atoms with E-state index in [1.807, 2.05) is 6.92 Å². The number of hydrogen-bond donors (Lipinski definition) is 2. The molecule has 2 N–H and O–H groups in total. The van der Waals surface area contributed by atoms with Crippen LogP contribution in [0.2, 0.25) is 0 Å². The molecule has 0 aliphatic heterocycles. The molecule has 0 saturated heterocycles. The van der Waals surface area contributed by atoms with Crippen molar-refractivity contribution in [1.82, 2.24) is 5.32 Å². The van der Waals surface area contributed by atoms with Gasteiger partial charge in [0.05, 0.1) is 10.6 Å². The van der Waals surface area contributed by atoms with Crippen LogP contribution in [0.3, 0.4) is 0 Å². The average Bonchev–Trinajstić information content (AvgIpc) is 2.62. The zero-order valence-electron chi connectivity index (χ0n) is 15.3. The van der Waals surface area contributed by atoms with Crippen molar-refractivity contribution < 1.29 is 23.1 Å². The molecule has 0 aliphatic rings. The second-order valence-electron chi connectivity index (χ2n) is 6.61. The second-order valence-corrected chi connectivity index (χ2v) is 8.60. The van der Waals surface area contributed by atoms with Crippen molar-refractivity contribution in [3.63, 3.8) is 0 Å². The number of aliphatic carboxylic acids is 1. The van der Waals surface area contributed by atoms with Gasteiger partial charge >= 0.3 is 5.97 Å². The summed E-state index contributed by atoms with van der Waals surface area (Å²) in [7, 11) is -3.64. The molecular weight excluding hydrogens is 366 g/mol. The number of rotatable bonds is 8. The van der Waals surface area contributed by atoms with Crippen LogP contribution in [0.1, 0.15) is 42.6 Å². The Hall–Kier alpha value is -2.67. The highest BCUT2D eigenvalue weighted by Crippen LogP contribution is 2.19. The molecule has 7 heteroatoms. The van der Waals surface area contributed by atoms with Crippen molar-refractivity contribution in [2.45, 2.75) is 42.9 Å². The lowest BCUT2D eigenvalue weighted by molar-refractivity contribution is -0.144. The number of sulfone groups is 1. The van der Waals surface area contributed by atoms with E-state index in [1.54, 1.807) is 30.3 Å². The van der Waals surface area contributed by atoms with E-state index in [9.17, 15) is 23.1 Å². The van der Waals surface area contributed by atoms with Crippen LogP contribution in [0.15, 0.2) is 59.5 Å². The summed E-state index contributed by atoms with van der Waals surface area (Å²) in [5, 5.41) is 11.9. The molecule has 0 spiro atoms. The van der Waals surface area contributed by atoms with Crippen molar-refractivity contribution in [1.29, 1.82) is 0 Å². The van der Waals surface area contributed by atoms with Crippen molar-refractivity contribution >= 4 is 21.7 Å². The van der Waals surface area contributed by atoms with Gasteiger partial charge in [-0.05, 0) is 37.1 Å². The summed E-state index contributed by atoms with van der Waals surface area (Å²) in [4.78, 5) is 24.0. The summed E-state index contributed by atoms with van der Waals surface area (Å²) >= 11 is 0. The summed E-state index contributed by atoms with van der Waals surface area (Å²) in [5.41, 5.74) is -0.661. The lowest BCUT2D eigenvalue weighted by Gasteiger charge is -2.25. The largest absolute Gasteiger partial charge is 0.480 e. The van der Waals surface area contributed by atoms with Crippen LogP contribution in [-0.2, 0) is 20.4 Å². The highest BCUT2D eigenvalue weighted by molar-refractivity contribution is 7.90. The predicted molar refractivity (Wildman–Crippen MR) is 102 cm³/mol. The van der Waals surface area contributed by atoms with Crippen LogP contribution in [-0.4, -0.2) is 30.9 Å². The first-order valence-corrected chi connectivity index (χ1v) is 10.3. The van der Waals surface area contributed by atoms with Gasteiger partial charge in [0, 0.05) is 5.56 Å². The number of carbonyl (C=O) groups is 2. The molecule has 0 saturated carbocycles. The molecule has 0 radical (unpaired) electrons. The minimum absolute atomic E-state index is 0.0199. The first-order valence-electron chi connectivity index (χ1n) is 8.60. The van der Waals surface area contributed by atoms with Gasteiger partial charge in [0.15, 0.2) is 9.84 Å². The number of carboxylic acid groups (broad SMARTS) is 1. The van der Waals surface area contributed by atoms with E-state index >= 15 is 0 Å². The minimum Gasteiger partial charge on any atom is -0.480 e. The van der Waals surface area contributed by atoms with Crippen LogP contribution in [0.25, 0.3) is 0 Å². The smallest absolute Gasteiger partial charge is 0.329 e. The van der Waals surface area contributed by atoms with Crippen LogP contribution < -0.4 is 5.32 Å². The fourth-order valence-electron chi connectivity index (χ4n) is 2.75. The van der Waals surface area contributed by atoms with E-state index in [-0.39, 0.29) is 22.6 Å². The SMILES string of the molecule is CCCC(C)(NC(=O)c1cccc(S(=O)(=O)Cc2ccccc2)c1)C(=O)O. The van der Waals surface area contributed by atoms with E-state index in [4.69, 9.17) is 0 Å². The number of nitrogens with one attached hydrogen (secondary N) is 1. The molecule has 6 nitrogen and oxygen atoms in total. The van der Waals surface area contributed by atoms with E-state index in [2.05, 4.69) is 5.32 Å². The molecule has 0 aliphatic carbocycles. The topological polar surface area (TPSA) is 101 Å². The van der Waals surface area contributed by atoms with Crippen molar-refractivity contribution in [2.24, 2.45) is 0 Å². The maximum atomic E-state index is 12.6. The Bertz CT molecular complexity index is 924. The average molecular weight is 389 g/mol. The van der Waals surface area contributed by atoms with Crippen LogP contribution in [0.4, 0.5) is 0 Å². The standard InChI is InChI=1S/C20H23NO5S/c1-3-12-20(2,19(23)24)21-18(22)16-10-7-11-17(13-16)27(25,26)14-15-8-5-4-6-9-15/h4-11,13H,3,12,14H2,1-2H3,(H,21,22)(H,23,24). The number of amides is 1. The van der Waals surface area contributed by atoms with E-state index < -0.39 is 27.3 Å². The molecule has 2 rings (SSSR count). The Labute approximate surface area is 159 Å². The van der Waals surface area contributed by atoms with Crippen LogP contribution >= 0.6 is 0 Å². The molecule has 0 bridgehead atoms. The van der Waals surface area contributed by atoms with E-state index in [0.29, 0.717) is 12.0 Å². The Morgan fingerprint density at radius 2 is 1.74 bits per heavy atom. The summed E-state index contributed by atoms with van der Waals surface area (Å²) < 4.78 is 25.3. The number of carbonyl (C=O) groups excluding carboxylic acids is 1. The van der Waals surface area contributed by atoms with Crippen molar-refractivity contribution in [3.05, 3.63) is 65.7 Å². The number of benzene rings is 2. The van der Waals surface area contributed by atoms with Gasteiger partial charge in [0.1, 0.15) is 5.54 Å². The van der Waals surface area contributed by atoms with E-state index in [1.165, 1.54) is 31.2 Å². The Morgan fingerprint density at radius 3 is 2.33 bits per heavy atom. The second kappa shape index (κ2) is 8.35. The molecule has 1 atom stereocenters. The maximum Gasteiger partial charge on any atom is 0.329 e. The molecule has 0 heterocycles. The zero-order valence-corrected chi connectivity index (χ0v) is 16.1. The normalized spacial score (nSPS) is 13.6. The van der Waals surface area contributed by atoms with Crippen LogP contribution in [0.5, 0.6) is 0 Å². The highest BCUT2D eigenvalue weighted by atomic mass is 32.2. The Morgan fingerprint density at radius 1 is 1.07 bits per heavy atom. The molecule has 2 aromatic rings. The fourth-order valence-corrected chi connectivity index (χ4v) is 4.14. The minimum atomic E-state index is -3.64. The first-order chi connectivity index (χ1) is 12.7. The molecule has 1 unspecified atom stereocenters. The fraction of sp³-hybridized carbons (Fsp3) is 0.300. The van der Waals surface area contributed by atoms with Gasteiger partial charge in [0.2, 0.25) is 0 Å². The predicted octanol–water partition coefficient (Wildman–Crippen LogP) is 3.03. The lowest BCUT2D eigenvalue weighted by Crippen LogP contribution is -2.52. The molecule has 2 aromatic carbocycles. The Kier molecular flexibility index (Phi) is 6.38. The number of carboxylic acids is 1. The van der Waals surface area contributed by atoms with Gasteiger partial charge in [-0.2, -0.15) is 0 Å². The quantitative estimate of drug-likeness (QED) is 0.723. The van der Waals surface area contributed by atoms with Gasteiger partial charge in [-0.1, -0.05) is 49.7 Å². The first kappa shape index (κ1) is 20.6. The summed E-state index contributed by atoms with van der Waals surface area (Å²) in [5.74, 6) is -1.93. The summed E-state index contributed by atoms with van der Waals surface area (Å²) in [6, 6.07) is 14.4. The third-order valence-electron chi connectivity index (χ3n) is 4.27. The molecule has 0 fully saturated rings. The molecular formula is C20H23NO5S. The van der Waals surface area contributed by atoms with Crippen molar-refractivity contribution in [2.75, 3.05) is 0 Å². The highest BCUT2D eigenvalue weighted by Gasteiger charge is 2.34.